The number of hydrogen-bond acceptors (Lipinski definition) is 3. The van der Waals surface area contributed by atoms with Crippen molar-refractivity contribution in [3.8, 4) is 11.5 Å². The van der Waals surface area contributed by atoms with Crippen LogP contribution in [0.3, 0.4) is 0 Å². The van der Waals surface area contributed by atoms with Crippen LogP contribution in [0.25, 0.3) is 11.5 Å². The fraction of sp³-hybridized carbons (Fsp3) is 0.0909. The first kappa shape index (κ1) is 10.9. The van der Waals surface area contributed by atoms with Crippen molar-refractivity contribution >= 4 is 21.9 Å². The van der Waals surface area contributed by atoms with Crippen molar-refractivity contribution < 1.29 is 14.3 Å². The molecule has 16 heavy (non-hydrogen) atoms. The fourth-order valence-electron chi connectivity index (χ4n) is 1.31. The Balaban J connectivity index is 2.45. The molecule has 1 heterocycles. The summed E-state index contributed by atoms with van der Waals surface area (Å²) in [5, 5.41) is 8.84. The molecule has 0 spiro atoms. The third-order valence-corrected chi connectivity index (χ3v) is 2.62. The molecule has 0 unspecified atom stereocenters. The van der Waals surface area contributed by atoms with Crippen LogP contribution >= 0.6 is 15.9 Å². The Hall–Kier alpha value is -1.62. The van der Waals surface area contributed by atoms with Gasteiger partial charge in [0.2, 0.25) is 5.89 Å². The lowest BCUT2D eigenvalue weighted by molar-refractivity contribution is 0.0689. The highest BCUT2D eigenvalue weighted by molar-refractivity contribution is 9.10. The van der Waals surface area contributed by atoms with Crippen molar-refractivity contribution in [1.29, 1.82) is 0 Å². The average Bonchev–Trinajstić information content (AvgIpc) is 2.61. The molecule has 2 aromatic rings. The molecule has 0 atom stereocenters. The molecular weight excluding hydrogens is 274 g/mol. The Labute approximate surface area is 100 Å². The Morgan fingerprint density at radius 1 is 1.38 bits per heavy atom. The van der Waals surface area contributed by atoms with Crippen molar-refractivity contribution in [2.75, 3.05) is 0 Å². The van der Waals surface area contributed by atoms with Crippen molar-refractivity contribution in [2.24, 2.45) is 0 Å². The van der Waals surface area contributed by atoms with E-state index in [1.807, 2.05) is 12.1 Å². The molecule has 4 nitrogen and oxygen atoms in total. The van der Waals surface area contributed by atoms with Gasteiger partial charge in [0.25, 0.3) is 0 Å². The second kappa shape index (κ2) is 4.09. The second-order valence-corrected chi connectivity index (χ2v) is 4.15. The first-order valence-electron chi connectivity index (χ1n) is 4.54. The minimum atomic E-state index is -1.08. The van der Waals surface area contributed by atoms with Gasteiger partial charge in [0.15, 0.2) is 5.69 Å². The van der Waals surface area contributed by atoms with Gasteiger partial charge in [-0.3, -0.25) is 0 Å². The number of carbonyl (C=O) groups is 1. The number of halogens is 1. The molecule has 0 fully saturated rings. The van der Waals surface area contributed by atoms with E-state index >= 15 is 0 Å². The van der Waals surface area contributed by atoms with Gasteiger partial charge in [-0.15, -0.1) is 0 Å². The van der Waals surface area contributed by atoms with Gasteiger partial charge >= 0.3 is 5.97 Å². The van der Waals surface area contributed by atoms with Gasteiger partial charge in [-0.25, -0.2) is 9.78 Å². The Kier molecular flexibility index (Phi) is 2.78. The summed E-state index contributed by atoms with van der Waals surface area (Å²) in [4.78, 5) is 14.7. The van der Waals surface area contributed by atoms with E-state index in [1.54, 1.807) is 19.1 Å². The molecule has 0 radical (unpaired) electrons. The Bertz CT molecular complexity index is 531. The standard InChI is InChI=1S/C11H8BrNO3/c1-6-9(11(14)15)13-10(16-6)7-2-4-8(12)5-3-7/h2-5H,1H3,(H,14,15). The van der Waals surface area contributed by atoms with Crippen LogP contribution in [-0.2, 0) is 0 Å². The number of aromatic carboxylic acids is 1. The van der Waals surface area contributed by atoms with Crippen molar-refractivity contribution in [2.45, 2.75) is 6.92 Å². The van der Waals surface area contributed by atoms with Crippen LogP contribution in [-0.4, -0.2) is 16.1 Å². The first-order valence-corrected chi connectivity index (χ1v) is 5.34. The molecule has 0 amide bonds. The highest BCUT2D eigenvalue weighted by atomic mass is 79.9. The largest absolute Gasteiger partial charge is 0.476 e. The maximum Gasteiger partial charge on any atom is 0.358 e. The smallest absolute Gasteiger partial charge is 0.358 e. The first-order chi connectivity index (χ1) is 7.58. The van der Waals surface area contributed by atoms with Crippen LogP contribution < -0.4 is 0 Å². The summed E-state index contributed by atoms with van der Waals surface area (Å²) in [6.45, 7) is 1.58. The predicted octanol–water partition coefficient (Wildman–Crippen LogP) is 3.11. The van der Waals surface area contributed by atoms with E-state index in [2.05, 4.69) is 20.9 Å². The normalized spacial score (nSPS) is 10.4. The molecule has 0 aliphatic heterocycles. The average molecular weight is 282 g/mol. The lowest BCUT2D eigenvalue weighted by atomic mass is 10.2. The number of oxazole rings is 1. The second-order valence-electron chi connectivity index (χ2n) is 3.24. The molecular formula is C11H8BrNO3. The zero-order chi connectivity index (χ0) is 11.7. The molecule has 0 aliphatic carbocycles. The number of carboxylic acids is 1. The van der Waals surface area contributed by atoms with Crippen LogP contribution in [0.5, 0.6) is 0 Å². The molecule has 5 heteroatoms. The van der Waals surface area contributed by atoms with E-state index in [9.17, 15) is 4.79 Å². The van der Waals surface area contributed by atoms with E-state index in [0.717, 1.165) is 10.0 Å². The monoisotopic (exact) mass is 281 g/mol. The summed E-state index contributed by atoms with van der Waals surface area (Å²) in [5.74, 6) is -0.447. The zero-order valence-corrected chi connectivity index (χ0v) is 9.98. The van der Waals surface area contributed by atoms with Gasteiger partial charge < -0.3 is 9.52 Å². The molecule has 0 saturated heterocycles. The highest BCUT2D eigenvalue weighted by Gasteiger charge is 2.16. The maximum absolute atomic E-state index is 10.8. The molecule has 1 aromatic carbocycles. The number of aryl methyl sites for hydroxylation is 1. The van der Waals surface area contributed by atoms with Gasteiger partial charge in [-0.2, -0.15) is 0 Å². The minimum absolute atomic E-state index is 0.0436. The lowest BCUT2D eigenvalue weighted by Gasteiger charge is -1.94. The quantitative estimate of drug-likeness (QED) is 0.919. The van der Waals surface area contributed by atoms with Crippen molar-refractivity contribution in [3.63, 3.8) is 0 Å². The minimum Gasteiger partial charge on any atom is -0.476 e. The molecule has 0 aliphatic rings. The number of nitrogens with zero attached hydrogens (tertiary/aromatic N) is 1. The van der Waals surface area contributed by atoms with E-state index < -0.39 is 5.97 Å². The number of aromatic nitrogens is 1. The van der Waals surface area contributed by atoms with E-state index in [-0.39, 0.29) is 5.69 Å². The van der Waals surface area contributed by atoms with Crippen LogP contribution in [0.1, 0.15) is 16.2 Å². The van der Waals surface area contributed by atoms with Crippen LogP contribution in [0.15, 0.2) is 33.2 Å². The summed E-state index contributed by atoms with van der Waals surface area (Å²) in [6, 6.07) is 7.30. The SMILES string of the molecule is Cc1oc(-c2ccc(Br)cc2)nc1C(=O)O. The number of hydrogen-bond donors (Lipinski definition) is 1. The Morgan fingerprint density at radius 3 is 2.50 bits per heavy atom. The summed E-state index contributed by atoms with van der Waals surface area (Å²) in [7, 11) is 0. The number of carboxylic acid groups (broad SMARTS) is 1. The molecule has 0 bridgehead atoms. The summed E-state index contributed by atoms with van der Waals surface area (Å²) >= 11 is 3.32. The molecule has 2 rings (SSSR count). The maximum atomic E-state index is 10.8. The molecule has 1 N–H and O–H groups in total. The van der Waals surface area contributed by atoms with Gasteiger partial charge in [0.1, 0.15) is 5.76 Å². The van der Waals surface area contributed by atoms with E-state index in [0.29, 0.717) is 11.7 Å². The molecule has 1 aromatic heterocycles. The highest BCUT2D eigenvalue weighted by Crippen LogP contribution is 2.23. The van der Waals surface area contributed by atoms with Gasteiger partial charge in [-0.05, 0) is 31.2 Å². The number of rotatable bonds is 2. The molecule has 0 saturated carbocycles. The van der Waals surface area contributed by atoms with E-state index in [1.165, 1.54) is 0 Å². The summed E-state index contributed by atoms with van der Waals surface area (Å²) in [5.41, 5.74) is 0.705. The van der Waals surface area contributed by atoms with Crippen molar-refractivity contribution in [3.05, 3.63) is 40.2 Å². The van der Waals surface area contributed by atoms with Crippen LogP contribution in [0, 0.1) is 6.92 Å². The third-order valence-electron chi connectivity index (χ3n) is 2.09. The lowest BCUT2D eigenvalue weighted by Crippen LogP contribution is -1.98. The Morgan fingerprint density at radius 2 is 2.00 bits per heavy atom. The van der Waals surface area contributed by atoms with Crippen LogP contribution in [0.2, 0.25) is 0 Å². The van der Waals surface area contributed by atoms with E-state index in [4.69, 9.17) is 9.52 Å². The molecule has 82 valence electrons. The topological polar surface area (TPSA) is 63.3 Å². The summed E-state index contributed by atoms with van der Waals surface area (Å²) < 4.78 is 6.24. The van der Waals surface area contributed by atoms with Gasteiger partial charge in [0, 0.05) is 10.0 Å². The van der Waals surface area contributed by atoms with Crippen molar-refractivity contribution in [1.82, 2.24) is 4.98 Å². The van der Waals surface area contributed by atoms with Gasteiger partial charge in [-0.1, -0.05) is 15.9 Å². The van der Waals surface area contributed by atoms with Gasteiger partial charge in [0.05, 0.1) is 0 Å². The fourth-order valence-corrected chi connectivity index (χ4v) is 1.58. The zero-order valence-electron chi connectivity index (χ0n) is 8.40. The predicted molar refractivity (Wildman–Crippen MR) is 61.3 cm³/mol. The summed E-state index contributed by atoms with van der Waals surface area (Å²) in [6.07, 6.45) is 0. The third kappa shape index (κ3) is 1.99. The van der Waals surface area contributed by atoms with Crippen LogP contribution in [0.4, 0.5) is 0 Å². The number of benzene rings is 1.